The van der Waals surface area contributed by atoms with Crippen LogP contribution in [0.3, 0.4) is 0 Å². The van der Waals surface area contributed by atoms with Crippen LogP contribution in [0.1, 0.15) is 43.1 Å². The summed E-state index contributed by atoms with van der Waals surface area (Å²) in [6.07, 6.45) is 4.34. The van der Waals surface area contributed by atoms with Gasteiger partial charge in [-0.25, -0.2) is 4.68 Å². The van der Waals surface area contributed by atoms with Gasteiger partial charge in [0.2, 0.25) is 5.91 Å². The number of nitrogens with one attached hydrogen (secondary N) is 2. The normalized spacial score (nSPS) is 14.7. The molecule has 0 aliphatic heterocycles. The van der Waals surface area contributed by atoms with Gasteiger partial charge in [0, 0.05) is 19.0 Å². The lowest BCUT2D eigenvalue weighted by molar-refractivity contribution is -0.114. The Balaban J connectivity index is 1.87. The quantitative estimate of drug-likeness (QED) is 0.910. The molecule has 1 fully saturated rings. The van der Waals surface area contributed by atoms with Crippen LogP contribution in [-0.4, -0.2) is 27.6 Å². The molecule has 6 heteroatoms. The number of rotatable bonds is 4. The average molecular weight is 312 g/mol. The predicted octanol–water partition coefficient (Wildman–Crippen LogP) is 2.50. The molecule has 0 spiro atoms. The van der Waals surface area contributed by atoms with Crippen LogP contribution in [0.15, 0.2) is 36.4 Å². The molecule has 1 heterocycles. The van der Waals surface area contributed by atoms with Crippen LogP contribution in [0.4, 0.5) is 5.82 Å². The molecule has 2 N–H and O–H groups in total. The summed E-state index contributed by atoms with van der Waals surface area (Å²) in [5, 5.41) is 10.1. The standard InChI is InChI=1S/C17H20N4O2/c1-12(22)18-16-11-15(17(23)19-13-7-5-6-8-13)20-21(16)14-9-3-2-4-10-14/h2-4,9-11,13H,5-8H2,1H3,(H,18,22)(H,19,23). The maximum atomic E-state index is 12.4. The van der Waals surface area contributed by atoms with Crippen molar-refractivity contribution in [3.8, 4) is 5.69 Å². The average Bonchev–Trinajstić information content (AvgIpc) is 3.17. The number of hydrogen-bond acceptors (Lipinski definition) is 3. The van der Waals surface area contributed by atoms with E-state index in [1.807, 2.05) is 30.3 Å². The number of anilines is 1. The van der Waals surface area contributed by atoms with Gasteiger partial charge in [0.15, 0.2) is 5.69 Å². The third-order valence-corrected chi connectivity index (χ3v) is 3.94. The van der Waals surface area contributed by atoms with E-state index in [0.29, 0.717) is 11.5 Å². The highest BCUT2D eigenvalue weighted by atomic mass is 16.2. The Bertz CT molecular complexity index is 703. The van der Waals surface area contributed by atoms with E-state index < -0.39 is 0 Å². The minimum Gasteiger partial charge on any atom is -0.348 e. The monoisotopic (exact) mass is 312 g/mol. The largest absolute Gasteiger partial charge is 0.348 e. The molecule has 1 aromatic heterocycles. The highest BCUT2D eigenvalue weighted by molar-refractivity contribution is 5.95. The van der Waals surface area contributed by atoms with Gasteiger partial charge in [-0.1, -0.05) is 31.0 Å². The summed E-state index contributed by atoms with van der Waals surface area (Å²) in [6, 6.07) is 11.2. The van der Waals surface area contributed by atoms with Crippen LogP contribution in [0, 0.1) is 0 Å². The Morgan fingerprint density at radius 2 is 1.87 bits per heavy atom. The van der Waals surface area contributed by atoms with Crippen molar-refractivity contribution in [3.63, 3.8) is 0 Å². The summed E-state index contributed by atoms with van der Waals surface area (Å²) in [5.41, 5.74) is 1.10. The van der Waals surface area contributed by atoms with Gasteiger partial charge in [0.05, 0.1) is 5.69 Å². The first-order chi connectivity index (χ1) is 11.1. The molecule has 0 radical (unpaired) electrons. The first-order valence-corrected chi connectivity index (χ1v) is 7.87. The molecule has 0 bridgehead atoms. The summed E-state index contributed by atoms with van der Waals surface area (Å²) >= 11 is 0. The van der Waals surface area contributed by atoms with Crippen LogP contribution < -0.4 is 10.6 Å². The number of amides is 2. The number of aromatic nitrogens is 2. The molecule has 0 saturated heterocycles. The van der Waals surface area contributed by atoms with Gasteiger partial charge >= 0.3 is 0 Å². The number of para-hydroxylation sites is 1. The maximum absolute atomic E-state index is 12.4. The zero-order chi connectivity index (χ0) is 16.2. The number of nitrogens with zero attached hydrogens (tertiary/aromatic N) is 2. The Morgan fingerprint density at radius 3 is 2.52 bits per heavy atom. The molecule has 120 valence electrons. The van der Waals surface area contributed by atoms with Gasteiger partial charge in [-0.15, -0.1) is 0 Å². The third kappa shape index (κ3) is 3.59. The fourth-order valence-electron chi connectivity index (χ4n) is 2.86. The van der Waals surface area contributed by atoms with E-state index in [1.165, 1.54) is 6.92 Å². The van der Waals surface area contributed by atoms with Crippen molar-refractivity contribution in [2.24, 2.45) is 0 Å². The van der Waals surface area contributed by atoms with Crippen LogP contribution >= 0.6 is 0 Å². The number of benzene rings is 1. The highest BCUT2D eigenvalue weighted by Crippen LogP contribution is 2.20. The van der Waals surface area contributed by atoms with Gasteiger partial charge in [0.1, 0.15) is 5.82 Å². The Hall–Kier alpha value is -2.63. The second kappa shape index (κ2) is 6.64. The van der Waals surface area contributed by atoms with Gasteiger partial charge in [-0.2, -0.15) is 5.10 Å². The minimum absolute atomic E-state index is 0.196. The molecule has 1 saturated carbocycles. The smallest absolute Gasteiger partial charge is 0.272 e. The topological polar surface area (TPSA) is 76.0 Å². The predicted molar refractivity (Wildman–Crippen MR) is 87.6 cm³/mol. The Morgan fingerprint density at radius 1 is 1.17 bits per heavy atom. The molecule has 2 amide bonds. The lowest BCUT2D eigenvalue weighted by atomic mass is 10.2. The summed E-state index contributed by atoms with van der Waals surface area (Å²) in [4.78, 5) is 23.8. The van der Waals surface area contributed by atoms with Crippen molar-refractivity contribution in [1.29, 1.82) is 0 Å². The molecule has 1 aliphatic rings. The van der Waals surface area contributed by atoms with Crippen molar-refractivity contribution in [2.45, 2.75) is 38.6 Å². The summed E-state index contributed by atoms with van der Waals surface area (Å²) < 4.78 is 1.57. The lowest BCUT2D eigenvalue weighted by Crippen LogP contribution is -2.32. The van der Waals surface area contributed by atoms with Gasteiger partial charge in [-0.3, -0.25) is 9.59 Å². The van der Waals surface area contributed by atoms with Gasteiger partial charge in [-0.05, 0) is 25.0 Å². The van der Waals surface area contributed by atoms with E-state index in [9.17, 15) is 9.59 Å². The van der Waals surface area contributed by atoms with E-state index in [4.69, 9.17) is 0 Å². The first kappa shape index (κ1) is 15.3. The first-order valence-electron chi connectivity index (χ1n) is 7.87. The molecule has 1 aliphatic carbocycles. The molecule has 3 rings (SSSR count). The lowest BCUT2D eigenvalue weighted by Gasteiger charge is -2.09. The van der Waals surface area contributed by atoms with Gasteiger partial charge in [0.25, 0.3) is 5.91 Å². The Labute approximate surface area is 134 Å². The summed E-state index contributed by atoms with van der Waals surface area (Å²) in [7, 11) is 0. The van der Waals surface area contributed by atoms with E-state index in [1.54, 1.807) is 10.7 Å². The van der Waals surface area contributed by atoms with E-state index in [2.05, 4.69) is 15.7 Å². The van der Waals surface area contributed by atoms with Crippen LogP contribution in [0.5, 0.6) is 0 Å². The summed E-state index contributed by atoms with van der Waals surface area (Å²) in [6.45, 7) is 1.43. The minimum atomic E-state index is -0.204. The molecule has 23 heavy (non-hydrogen) atoms. The molecular formula is C17H20N4O2. The number of hydrogen-bond donors (Lipinski definition) is 2. The fraction of sp³-hybridized carbons (Fsp3) is 0.353. The second-order valence-corrected chi connectivity index (χ2v) is 5.80. The zero-order valence-electron chi connectivity index (χ0n) is 13.1. The van der Waals surface area contributed by atoms with Crippen molar-refractivity contribution in [3.05, 3.63) is 42.1 Å². The summed E-state index contributed by atoms with van der Waals surface area (Å²) in [5.74, 6) is 0.0864. The Kier molecular flexibility index (Phi) is 4.41. The SMILES string of the molecule is CC(=O)Nc1cc(C(=O)NC2CCCC2)nn1-c1ccccc1. The number of carbonyl (C=O) groups is 2. The van der Waals surface area contributed by atoms with Crippen molar-refractivity contribution in [2.75, 3.05) is 5.32 Å². The molecule has 6 nitrogen and oxygen atoms in total. The van der Waals surface area contributed by atoms with Gasteiger partial charge < -0.3 is 10.6 Å². The highest BCUT2D eigenvalue weighted by Gasteiger charge is 2.21. The second-order valence-electron chi connectivity index (χ2n) is 5.80. The molecule has 1 aromatic carbocycles. The molecular weight excluding hydrogens is 292 g/mol. The zero-order valence-corrected chi connectivity index (χ0v) is 13.1. The van der Waals surface area contributed by atoms with Crippen LogP contribution in [-0.2, 0) is 4.79 Å². The molecule has 2 aromatic rings. The van der Waals surface area contributed by atoms with E-state index in [0.717, 1.165) is 31.4 Å². The van der Waals surface area contributed by atoms with Crippen molar-refractivity contribution in [1.82, 2.24) is 15.1 Å². The van der Waals surface area contributed by atoms with E-state index >= 15 is 0 Å². The molecule has 0 unspecified atom stereocenters. The maximum Gasteiger partial charge on any atom is 0.272 e. The van der Waals surface area contributed by atoms with Crippen molar-refractivity contribution < 1.29 is 9.59 Å². The molecule has 0 atom stereocenters. The fourth-order valence-corrected chi connectivity index (χ4v) is 2.86. The van der Waals surface area contributed by atoms with E-state index in [-0.39, 0.29) is 17.9 Å². The third-order valence-electron chi connectivity index (χ3n) is 3.94. The van der Waals surface area contributed by atoms with Crippen molar-refractivity contribution >= 4 is 17.6 Å². The van der Waals surface area contributed by atoms with Crippen LogP contribution in [0.2, 0.25) is 0 Å². The van der Waals surface area contributed by atoms with Crippen LogP contribution in [0.25, 0.3) is 5.69 Å². The number of carbonyl (C=O) groups excluding carboxylic acids is 2.